The van der Waals surface area contributed by atoms with E-state index in [9.17, 15) is 9.90 Å². The number of carbonyl (C=O) groups is 1. The first-order valence-corrected chi connectivity index (χ1v) is 9.08. The highest BCUT2D eigenvalue weighted by molar-refractivity contribution is 9.10. The number of hydrogen-bond acceptors (Lipinski definition) is 4. The van der Waals surface area contributed by atoms with E-state index in [-0.39, 0.29) is 12.3 Å². The first-order valence-electron chi connectivity index (χ1n) is 8.29. The number of carbonyl (C=O) groups excluding carboxylic acids is 1. The van der Waals surface area contributed by atoms with Gasteiger partial charge in [0.05, 0.1) is 7.11 Å². The zero-order valence-corrected chi connectivity index (χ0v) is 15.7. The number of methoxy groups -OCH3 is 1. The third kappa shape index (κ3) is 2.77. The number of halogens is 1. The number of hydrogen-bond donors (Lipinski definition) is 1. The van der Waals surface area contributed by atoms with E-state index in [1.165, 1.54) is 7.11 Å². The van der Waals surface area contributed by atoms with Crippen molar-refractivity contribution in [2.75, 3.05) is 7.11 Å². The average molecular weight is 413 g/mol. The third-order valence-electron chi connectivity index (χ3n) is 4.81. The summed E-state index contributed by atoms with van der Waals surface area (Å²) in [5, 5.41) is 12.8. The fraction of sp³-hybridized carbons (Fsp3) is 0.190. The number of fused-ring (bicyclic) bond motifs is 3. The lowest BCUT2D eigenvalue weighted by Gasteiger charge is -2.37. The molecule has 4 nitrogen and oxygen atoms in total. The predicted octanol–water partition coefficient (Wildman–Crippen LogP) is 4.38. The quantitative estimate of drug-likeness (QED) is 0.634. The molecule has 0 radical (unpaired) electrons. The van der Waals surface area contributed by atoms with E-state index in [4.69, 9.17) is 9.47 Å². The van der Waals surface area contributed by atoms with Gasteiger partial charge in [0.1, 0.15) is 5.75 Å². The van der Waals surface area contributed by atoms with Gasteiger partial charge in [0, 0.05) is 27.8 Å². The van der Waals surface area contributed by atoms with Crippen molar-refractivity contribution in [1.82, 2.24) is 0 Å². The minimum atomic E-state index is -2.02. The zero-order chi connectivity index (χ0) is 18.3. The number of aliphatic hydroxyl groups is 1. The molecule has 4 rings (SSSR count). The molecule has 1 N–H and O–H groups in total. The Morgan fingerprint density at radius 2 is 1.88 bits per heavy atom. The Kier molecular flexibility index (Phi) is 4.21. The van der Waals surface area contributed by atoms with Crippen molar-refractivity contribution in [3.8, 4) is 5.75 Å². The molecule has 0 saturated heterocycles. The van der Waals surface area contributed by atoms with E-state index < -0.39 is 11.8 Å². The number of benzene rings is 3. The lowest BCUT2D eigenvalue weighted by Crippen LogP contribution is -2.49. The van der Waals surface area contributed by atoms with Crippen LogP contribution in [0.3, 0.4) is 0 Å². The number of esters is 1. The maximum atomic E-state index is 12.3. The molecule has 132 valence electrons. The van der Waals surface area contributed by atoms with Crippen LogP contribution in [0.4, 0.5) is 0 Å². The van der Waals surface area contributed by atoms with E-state index >= 15 is 0 Å². The van der Waals surface area contributed by atoms with Crippen molar-refractivity contribution < 1.29 is 19.4 Å². The first kappa shape index (κ1) is 17.1. The molecule has 2 atom stereocenters. The summed E-state index contributed by atoms with van der Waals surface area (Å²) in [6, 6.07) is 19.6. The summed E-state index contributed by atoms with van der Waals surface area (Å²) in [5.74, 6) is -2.49. The third-order valence-corrected chi connectivity index (χ3v) is 5.34. The van der Waals surface area contributed by atoms with Crippen molar-refractivity contribution in [1.29, 1.82) is 0 Å². The van der Waals surface area contributed by atoms with Crippen LogP contribution in [0.15, 0.2) is 65.1 Å². The summed E-state index contributed by atoms with van der Waals surface area (Å²) in [6.07, 6.45) is 0.0899. The van der Waals surface area contributed by atoms with Crippen LogP contribution in [-0.2, 0) is 9.53 Å². The molecule has 0 spiro atoms. The molecule has 0 bridgehead atoms. The topological polar surface area (TPSA) is 55.8 Å². The Morgan fingerprint density at radius 3 is 2.62 bits per heavy atom. The first-order chi connectivity index (χ1) is 12.5. The van der Waals surface area contributed by atoms with E-state index in [0.29, 0.717) is 5.75 Å². The van der Waals surface area contributed by atoms with Crippen molar-refractivity contribution >= 4 is 32.7 Å². The van der Waals surface area contributed by atoms with Crippen LogP contribution < -0.4 is 4.74 Å². The molecular weight excluding hydrogens is 396 g/mol. The maximum absolute atomic E-state index is 12.3. The van der Waals surface area contributed by atoms with Gasteiger partial charge in [0.25, 0.3) is 0 Å². The Morgan fingerprint density at radius 1 is 1.15 bits per heavy atom. The van der Waals surface area contributed by atoms with Crippen molar-refractivity contribution in [2.45, 2.75) is 18.1 Å². The molecule has 26 heavy (non-hydrogen) atoms. The molecule has 5 heteroatoms. The number of rotatable bonds is 2. The van der Waals surface area contributed by atoms with E-state index in [0.717, 1.165) is 26.4 Å². The minimum absolute atomic E-state index is 0.0899. The highest BCUT2D eigenvalue weighted by Gasteiger charge is 2.47. The van der Waals surface area contributed by atoms with Gasteiger partial charge in [-0.1, -0.05) is 64.5 Å². The van der Waals surface area contributed by atoms with E-state index in [1.54, 1.807) is 0 Å². The lowest BCUT2D eigenvalue weighted by atomic mass is 9.82. The molecular formula is C21H17BrO4. The summed E-state index contributed by atoms with van der Waals surface area (Å²) < 4.78 is 11.6. The van der Waals surface area contributed by atoms with Gasteiger partial charge in [-0.05, 0) is 23.1 Å². The zero-order valence-electron chi connectivity index (χ0n) is 14.1. The van der Waals surface area contributed by atoms with Gasteiger partial charge < -0.3 is 14.6 Å². The van der Waals surface area contributed by atoms with Gasteiger partial charge >= 0.3 is 11.8 Å². The van der Waals surface area contributed by atoms with Crippen LogP contribution in [0.25, 0.3) is 10.8 Å². The second-order valence-corrected chi connectivity index (χ2v) is 7.31. The van der Waals surface area contributed by atoms with Crippen LogP contribution >= 0.6 is 15.9 Å². The molecule has 3 aromatic rings. The Balaban J connectivity index is 1.94. The second kappa shape index (κ2) is 6.41. The van der Waals surface area contributed by atoms with Gasteiger partial charge in [-0.15, -0.1) is 0 Å². The minimum Gasteiger partial charge on any atom is -0.464 e. The van der Waals surface area contributed by atoms with Crippen LogP contribution in [-0.4, -0.2) is 24.0 Å². The maximum Gasteiger partial charge on any atom is 0.379 e. The Labute approximate surface area is 159 Å². The Bertz CT molecular complexity index is 983. The molecule has 3 aromatic carbocycles. The molecule has 1 aliphatic heterocycles. The van der Waals surface area contributed by atoms with E-state index in [1.807, 2.05) is 60.7 Å². The molecule has 1 heterocycles. The summed E-state index contributed by atoms with van der Waals surface area (Å²) in [5.41, 5.74) is 1.94. The average Bonchev–Trinajstić information content (AvgIpc) is 2.67. The van der Waals surface area contributed by atoms with Crippen molar-refractivity contribution in [3.05, 3.63) is 76.3 Å². The number of ether oxygens (including phenoxy) is 2. The molecule has 0 aromatic heterocycles. The van der Waals surface area contributed by atoms with Gasteiger partial charge in [0.15, 0.2) is 0 Å². The van der Waals surface area contributed by atoms with Crippen LogP contribution in [0.2, 0.25) is 0 Å². The molecule has 0 unspecified atom stereocenters. The van der Waals surface area contributed by atoms with Crippen LogP contribution in [0.1, 0.15) is 23.5 Å². The summed E-state index contributed by atoms with van der Waals surface area (Å²) in [7, 11) is 1.25. The highest BCUT2D eigenvalue weighted by Crippen LogP contribution is 2.47. The summed E-state index contributed by atoms with van der Waals surface area (Å²) in [4.78, 5) is 12.3. The van der Waals surface area contributed by atoms with Gasteiger partial charge in [-0.3, -0.25) is 0 Å². The molecule has 0 saturated carbocycles. The lowest BCUT2D eigenvalue weighted by molar-refractivity contribution is -0.202. The van der Waals surface area contributed by atoms with Gasteiger partial charge in [-0.25, -0.2) is 4.79 Å². The van der Waals surface area contributed by atoms with Gasteiger partial charge in [0.2, 0.25) is 0 Å². The SMILES string of the molecule is COC(=O)[C@@]1(O)C[C@@H](c2ccc(Br)cc2)c2ccc3ccccc3c2O1. The fourth-order valence-corrected chi connectivity index (χ4v) is 3.79. The fourth-order valence-electron chi connectivity index (χ4n) is 3.52. The normalized spacial score (nSPS) is 21.7. The van der Waals surface area contributed by atoms with Gasteiger partial charge in [-0.2, -0.15) is 0 Å². The Hall–Kier alpha value is -2.37. The van der Waals surface area contributed by atoms with Crippen LogP contribution in [0, 0.1) is 0 Å². The predicted molar refractivity (Wildman–Crippen MR) is 102 cm³/mol. The van der Waals surface area contributed by atoms with Crippen molar-refractivity contribution in [2.24, 2.45) is 0 Å². The largest absolute Gasteiger partial charge is 0.464 e. The molecule has 0 aliphatic carbocycles. The standard InChI is InChI=1S/C21H17BrO4/c1-25-20(23)21(24)12-18(14-6-9-15(22)10-7-14)17-11-8-13-4-2-3-5-16(13)19(17)26-21/h2-11,18,24H,12H2,1H3/t18-,21+/m0/s1. The molecule has 1 aliphatic rings. The molecule has 0 amide bonds. The second-order valence-electron chi connectivity index (χ2n) is 6.39. The summed E-state index contributed by atoms with van der Waals surface area (Å²) in [6.45, 7) is 0. The molecule has 0 fully saturated rings. The van der Waals surface area contributed by atoms with Crippen molar-refractivity contribution in [3.63, 3.8) is 0 Å². The van der Waals surface area contributed by atoms with E-state index in [2.05, 4.69) is 15.9 Å². The monoisotopic (exact) mass is 412 g/mol. The summed E-state index contributed by atoms with van der Waals surface area (Å²) >= 11 is 3.44. The smallest absolute Gasteiger partial charge is 0.379 e. The van der Waals surface area contributed by atoms with Crippen LogP contribution in [0.5, 0.6) is 5.75 Å². The highest BCUT2D eigenvalue weighted by atomic mass is 79.9.